The first-order valence-electron chi connectivity index (χ1n) is 8.64. The lowest BCUT2D eigenvalue weighted by molar-refractivity contribution is -0.131. The van der Waals surface area contributed by atoms with Gasteiger partial charge in [-0.15, -0.1) is 12.4 Å². The summed E-state index contributed by atoms with van der Waals surface area (Å²) >= 11 is 0. The van der Waals surface area contributed by atoms with Crippen LogP contribution in [0.25, 0.3) is 11.3 Å². The van der Waals surface area contributed by atoms with Gasteiger partial charge in [0.15, 0.2) is 0 Å². The zero-order chi connectivity index (χ0) is 20.0. The lowest BCUT2D eigenvalue weighted by Crippen LogP contribution is -2.43. The summed E-state index contributed by atoms with van der Waals surface area (Å²) in [6, 6.07) is 7.25. The number of aromatic amines is 1. The second-order valence-electron chi connectivity index (χ2n) is 6.68. The molecule has 10 heteroatoms. The predicted octanol–water partition coefficient (Wildman–Crippen LogP) is 1.79. The molecule has 0 saturated carbocycles. The number of likely N-dealkylation sites (N-methyl/N-ethyl adjacent to an activating group) is 1. The summed E-state index contributed by atoms with van der Waals surface area (Å²) in [6.45, 7) is 0.486. The third-order valence-electron chi connectivity index (χ3n) is 4.18. The van der Waals surface area contributed by atoms with Crippen LogP contribution in [-0.4, -0.2) is 61.1 Å². The number of sulfone groups is 1. The molecular formula is C18H26ClFN4O3S. The van der Waals surface area contributed by atoms with E-state index in [1.165, 1.54) is 17.0 Å². The zero-order valence-electron chi connectivity index (χ0n) is 15.9. The summed E-state index contributed by atoms with van der Waals surface area (Å²) in [6.07, 6.45) is 2.58. The van der Waals surface area contributed by atoms with Gasteiger partial charge in [-0.05, 0) is 37.5 Å². The molecule has 1 atom stereocenters. The number of amides is 1. The van der Waals surface area contributed by atoms with E-state index < -0.39 is 15.9 Å². The quantitative estimate of drug-likeness (QED) is 0.627. The molecule has 7 nitrogen and oxygen atoms in total. The van der Waals surface area contributed by atoms with Gasteiger partial charge in [0.2, 0.25) is 5.91 Å². The van der Waals surface area contributed by atoms with Crippen molar-refractivity contribution in [1.29, 1.82) is 0 Å². The number of halogens is 2. The van der Waals surface area contributed by atoms with E-state index in [4.69, 9.17) is 5.73 Å². The molecule has 0 aliphatic heterocycles. The number of nitrogens with one attached hydrogen (secondary N) is 1. The molecular weight excluding hydrogens is 407 g/mol. The molecule has 1 unspecified atom stereocenters. The molecule has 1 amide bonds. The summed E-state index contributed by atoms with van der Waals surface area (Å²) in [4.78, 5) is 13.7. The van der Waals surface area contributed by atoms with Gasteiger partial charge in [0.25, 0.3) is 0 Å². The van der Waals surface area contributed by atoms with Crippen molar-refractivity contribution >= 4 is 28.2 Å². The number of carbonyl (C=O) groups is 1. The number of aryl methyl sites for hydroxylation is 1. The van der Waals surface area contributed by atoms with E-state index in [1.54, 1.807) is 19.2 Å². The maximum atomic E-state index is 13.3. The van der Waals surface area contributed by atoms with Gasteiger partial charge in [0, 0.05) is 31.1 Å². The molecule has 156 valence electrons. The Bertz CT molecular complexity index is 888. The standard InChI is InChI=1S/C18H25FN4O3S.ClH/c1-23(18(24)16(20)8-10-27(2,25)26)9-4-7-15-12-17(22-21-15)13-5-3-6-14(19)11-13;/h3,5-6,11-12,16H,4,7-10,20H2,1-2H3,(H,21,22);1H. The van der Waals surface area contributed by atoms with Gasteiger partial charge in [-0.3, -0.25) is 9.89 Å². The number of nitrogens with zero attached hydrogens (tertiary/aromatic N) is 2. The minimum atomic E-state index is -3.14. The third kappa shape index (κ3) is 7.57. The smallest absolute Gasteiger partial charge is 0.239 e. The lowest BCUT2D eigenvalue weighted by atomic mass is 10.1. The Labute approximate surface area is 170 Å². The average Bonchev–Trinajstić information content (AvgIpc) is 3.07. The van der Waals surface area contributed by atoms with Crippen molar-refractivity contribution in [2.75, 3.05) is 25.6 Å². The normalized spacial score (nSPS) is 12.3. The van der Waals surface area contributed by atoms with Gasteiger partial charge in [-0.1, -0.05) is 12.1 Å². The molecule has 2 aromatic rings. The number of nitrogens with two attached hydrogens (primary N) is 1. The first-order valence-corrected chi connectivity index (χ1v) is 10.7. The average molecular weight is 433 g/mol. The number of hydrogen-bond acceptors (Lipinski definition) is 5. The Hall–Kier alpha value is -1.97. The first-order chi connectivity index (χ1) is 12.7. The molecule has 0 aliphatic carbocycles. The largest absolute Gasteiger partial charge is 0.344 e. The summed E-state index contributed by atoms with van der Waals surface area (Å²) < 4.78 is 35.6. The summed E-state index contributed by atoms with van der Waals surface area (Å²) in [5.74, 6) is -0.696. The molecule has 0 bridgehead atoms. The number of carbonyl (C=O) groups excluding carboxylic acids is 1. The van der Waals surface area contributed by atoms with Crippen LogP contribution < -0.4 is 5.73 Å². The minimum Gasteiger partial charge on any atom is -0.344 e. The van der Waals surface area contributed by atoms with Gasteiger partial charge < -0.3 is 10.6 Å². The Morgan fingerprint density at radius 3 is 2.71 bits per heavy atom. The van der Waals surface area contributed by atoms with Crippen molar-refractivity contribution in [3.05, 3.63) is 41.8 Å². The highest BCUT2D eigenvalue weighted by molar-refractivity contribution is 7.90. The van der Waals surface area contributed by atoms with Crippen LogP contribution in [0.15, 0.2) is 30.3 Å². The van der Waals surface area contributed by atoms with E-state index >= 15 is 0 Å². The highest BCUT2D eigenvalue weighted by Gasteiger charge is 2.19. The van der Waals surface area contributed by atoms with Gasteiger partial charge in [-0.25, -0.2) is 12.8 Å². The fraction of sp³-hybridized carbons (Fsp3) is 0.444. The molecule has 0 spiro atoms. The Kier molecular flexibility index (Phi) is 9.06. The second-order valence-corrected chi connectivity index (χ2v) is 8.94. The Balaban J connectivity index is 0.00000392. The van der Waals surface area contributed by atoms with E-state index in [-0.39, 0.29) is 36.3 Å². The maximum Gasteiger partial charge on any atom is 0.239 e. The van der Waals surface area contributed by atoms with E-state index in [2.05, 4.69) is 10.2 Å². The van der Waals surface area contributed by atoms with Crippen LogP contribution >= 0.6 is 12.4 Å². The molecule has 1 heterocycles. The molecule has 0 radical (unpaired) electrons. The van der Waals surface area contributed by atoms with Crippen LogP contribution in [0.1, 0.15) is 18.5 Å². The van der Waals surface area contributed by atoms with E-state index in [0.29, 0.717) is 30.6 Å². The van der Waals surface area contributed by atoms with Crippen LogP contribution in [0.3, 0.4) is 0 Å². The Morgan fingerprint density at radius 2 is 2.07 bits per heavy atom. The zero-order valence-corrected chi connectivity index (χ0v) is 17.5. The van der Waals surface area contributed by atoms with Crippen LogP contribution in [0.4, 0.5) is 4.39 Å². The topological polar surface area (TPSA) is 109 Å². The predicted molar refractivity (Wildman–Crippen MR) is 109 cm³/mol. The summed E-state index contributed by atoms with van der Waals surface area (Å²) in [5.41, 5.74) is 8.03. The summed E-state index contributed by atoms with van der Waals surface area (Å²) in [5, 5.41) is 7.11. The minimum absolute atomic E-state index is 0. The molecule has 0 fully saturated rings. The molecule has 2 rings (SSSR count). The number of aromatic nitrogens is 2. The van der Waals surface area contributed by atoms with Crippen molar-refractivity contribution in [2.45, 2.75) is 25.3 Å². The number of H-pyrrole nitrogens is 1. The number of hydrogen-bond donors (Lipinski definition) is 2. The van der Waals surface area contributed by atoms with Gasteiger partial charge in [-0.2, -0.15) is 5.10 Å². The molecule has 1 aromatic carbocycles. The van der Waals surface area contributed by atoms with Crippen molar-refractivity contribution in [3.63, 3.8) is 0 Å². The van der Waals surface area contributed by atoms with Crippen LogP contribution in [0, 0.1) is 5.82 Å². The molecule has 0 saturated heterocycles. The Morgan fingerprint density at radius 1 is 1.36 bits per heavy atom. The molecule has 28 heavy (non-hydrogen) atoms. The fourth-order valence-corrected chi connectivity index (χ4v) is 3.33. The van der Waals surface area contributed by atoms with Crippen LogP contribution in [-0.2, 0) is 21.1 Å². The van der Waals surface area contributed by atoms with E-state index in [0.717, 1.165) is 11.9 Å². The fourth-order valence-electron chi connectivity index (χ4n) is 2.65. The van der Waals surface area contributed by atoms with Gasteiger partial charge in [0.1, 0.15) is 15.7 Å². The van der Waals surface area contributed by atoms with Gasteiger partial charge in [0.05, 0.1) is 17.5 Å². The van der Waals surface area contributed by atoms with Crippen molar-refractivity contribution in [3.8, 4) is 11.3 Å². The molecule has 1 aromatic heterocycles. The number of rotatable bonds is 9. The van der Waals surface area contributed by atoms with E-state index in [1.807, 2.05) is 6.07 Å². The SMILES string of the molecule is CN(CCCc1cc(-c2cccc(F)c2)n[nH]1)C(=O)C(N)CCS(C)(=O)=O.Cl. The van der Waals surface area contributed by atoms with Gasteiger partial charge >= 0.3 is 0 Å². The summed E-state index contributed by atoms with van der Waals surface area (Å²) in [7, 11) is -1.49. The highest BCUT2D eigenvalue weighted by Crippen LogP contribution is 2.19. The lowest BCUT2D eigenvalue weighted by Gasteiger charge is -2.21. The number of benzene rings is 1. The monoisotopic (exact) mass is 432 g/mol. The van der Waals surface area contributed by atoms with Crippen LogP contribution in [0.5, 0.6) is 0 Å². The molecule has 3 N–H and O–H groups in total. The molecule has 0 aliphatic rings. The van der Waals surface area contributed by atoms with E-state index in [9.17, 15) is 17.6 Å². The van der Waals surface area contributed by atoms with Crippen molar-refractivity contribution < 1.29 is 17.6 Å². The second kappa shape index (κ2) is 10.5. The van der Waals surface area contributed by atoms with Crippen LogP contribution in [0.2, 0.25) is 0 Å². The third-order valence-corrected chi connectivity index (χ3v) is 5.16. The first kappa shape index (κ1) is 24.1. The van der Waals surface area contributed by atoms with Crippen molar-refractivity contribution in [1.82, 2.24) is 15.1 Å². The van der Waals surface area contributed by atoms with Crippen molar-refractivity contribution in [2.24, 2.45) is 5.73 Å². The maximum absolute atomic E-state index is 13.3. The highest BCUT2D eigenvalue weighted by atomic mass is 35.5.